The first kappa shape index (κ1) is 75.8. The summed E-state index contributed by atoms with van der Waals surface area (Å²) < 4.78 is 34.6. The number of amides is 9. The maximum absolute atomic E-state index is 15.3. The van der Waals surface area contributed by atoms with E-state index in [4.69, 9.17) is 4.74 Å². The Bertz CT molecular complexity index is 2600. The maximum atomic E-state index is 15.3. The standard InChI is InChI=1S/C67H110F2N10O12/c1-15-16-24-79(58(83)30-44(10)81)35-59(84)75(12)54(27-40(2)3)61(85)72-53(38-91-37-47-34-67(68,69)39-70-47)63(87)77(14)56(29-42(6)7)65(89)76(13)55(28-41(4)5)62(86)71-52(64(88)78-25-18-17-19-26-78)33-57(82)73-60(43(8)9)66(90)74(11)48(36-80)32-51-49-22-23-50(51)46-21-20-45(49)31-46/h36,40-44,47-48,51-56,60,70,81H,15-35,37-39H2,1-14H3,(H,71,86)(H,72,85)(H,73,82)/t44?,47-,48-,52?,53-,54-,55-,56-,60?/m0/s1. The number of unbranched alkanes of at least 4 members (excludes halogenated alkanes) is 1. The number of fused-ring (bicyclic) bond motifs is 4. The molecule has 4 fully saturated rings. The van der Waals surface area contributed by atoms with E-state index in [0.29, 0.717) is 38.8 Å². The SMILES string of the molecule is CCCCN(CC(=O)N(C)[C@@H](CC(C)C)C(=O)N[C@@H](COC[C@@H]1CC(F)(F)CN1)C(=O)N(C)[C@@H](CC(C)C)C(=O)N(C)[C@@H](CC(C)C)C(=O)NC(CC(=O)NC(C(=O)N(C)[C@H](C=O)CC1C2=C3CCC(=C1CC2)C3)C(C)C)C(=O)N1CCCCC1)C(=O)CC(C)O. The number of ether oxygens (including phenoxy) is 1. The molecule has 0 radical (unpaired) electrons. The number of hydrogen-bond acceptors (Lipinski definition) is 13. The number of nitrogens with zero attached hydrogens (tertiary/aromatic N) is 6. The summed E-state index contributed by atoms with van der Waals surface area (Å²) in [7, 11) is 5.80. The van der Waals surface area contributed by atoms with Gasteiger partial charge in [-0.05, 0) is 114 Å². The molecule has 9 atom stereocenters. The van der Waals surface area contributed by atoms with Crippen LogP contribution in [0.3, 0.4) is 0 Å². The van der Waals surface area contributed by atoms with Gasteiger partial charge in [-0.2, -0.15) is 0 Å². The summed E-state index contributed by atoms with van der Waals surface area (Å²) in [6, 6.07) is -9.30. The minimum absolute atomic E-state index is 0.0624. The van der Waals surface area contributed by atoms with E-state index in [1.807, 2.05) is 48.5 Å². The summed E-state index contributed by atoms with van der Waals surface area (Å²) in [4.78, 5) is 151. The number of likely N-dealkylation sites (tertiary alicyclic amines) is 1. The van der Waals surface area contributed by atoms with Crippen LogP contribution in [0.5, 0.6) is 0 Å². The Balaban J connectivity index is 1.39. The van der Waals surface area contributed by atoms with Crippen LogP contribution in [0.15, 0.2) is 22.3 Å². The molecule has 3 unspecified atom stereocenters. The molecule has 5 aliphatic rings. The molecule has 3 aliphatic carbocycles. The van der Waals surface area contributed by atoms with Crippen molar-refractivity contribution >= 4 is 59.5 Å². The van der Waals surface area contributed by atoms with Crippen LogP contribution in [0, 0.1) is 29.6 Å². The van der Waals surface area contributed by atoms with Gasteiger partial charge in [0.2, 0.25) is 53.2 Å². The quantitative estimate of drug-likeness (QED) is 0.0402. The van der Waals surface area contributed by atoms with Crippen molar-refractivity contribution in [2.24, 2.45) is 29.6 Å². The average molecular weight is 1290 g/mol. The number of allylic oxidation sites excluding steroid dienone is 4. The summed E-state index contributed by atoms with van der Waals surface area (Å²) >= 11 is 0. The Hall–Kier alpha value is -5.88. The molecule has 2 saturated carbocycles. The third-order valence-corrected chi connectivity index (χ3v) is 18.8. The smallest absolute Gasteiger partial charge is 0.261 e. The van der Waals surface area contributed by atoms with Crippen molar-refractivity contribution < 1.29 is 66.6 Å². The monoisotopic (exact) mass is 1280 g/mol. The molecule has 0 aromatic heterocycles. The first-order valence-corrected chi connectivity index (χ1v) is 33.5. The Morgan fingerprint density at radius 3 is 1.76 bits per heavy atom. The van der Waals surface area contributed by atoms with Crippen LogP contribution in [-0.4, -0.2) is 228 Å². The minimum atomic E-state index is -2.99. The van der Waals surface area contributed by atoms with Gasteiger partial charge in [0.25, 0.3) is 5.92 Å². The van der Waals surface area contributed by atoms with Gasteiger partial charge in [0, 0.05) is 66.2 Å². The van der Waals surface area contributed by atoms with Crippen LogP contribution in [-0.2, 0) is 52.7 Å². The number of nitrogens with one attached hydrogen (secondary N) is 4. The largest absolute Gasteiger partial charge is 0.393 e. The Kier molecular flexibility index (Phi) is 29.1. The summed E-state index contributed by atoms with van der Waals surface area (Å²) in [5, 5.41) is 21.2. The van der Waals surface area contributed by atoms with Crippen LogP contribution in [0.2, 0.25) is 0 Å². The number of rotatable bonds is 36. The highest BCUT2D eigenvalue weighted by Crippen LogP contribution is 2.53. The fourth-order valence-electron chi connectivity index (χ4n) is 13.5. The van der Waals surface area contributed by atoms with Gasteiger partial charge in [-0.25, -0.2) is 8.78 Å². The summed E-state index contributed by atoms with van der Waals surface area (Å²) in [5.41, 5.74) is 5.72. The second kappa shape index (κ2) is 34.9. The Morgan fingerprint density at radius 1 is 0.692 bits per heavy atom. The number of hydrogen-bond donors (Lipinski definition) is 5. The van der Waals surface area contributed by atoms with Crippen molar-refractivity contribution in [1.29, 1.82) is 0 Å². The molecule has 4 bridgehead atoms. The third kappa shape index (κ3) is 21.3. The number of carbonyl (C=O) groups excluding carboxylic acids is 10. The van der Waals surface area contributed by atoms with Crippen molar-refractivity contribution in [3.05, 3.63) is 22.3 Å². The molecule has 2 aliphatic heterocycles. The highest BCUT2D eigenvalue weighted by atomic mass is 19.3. The van der Waals surface area contributed by atoms with Gasteiger partial charge in [0.05, 0.1) is 51.3 Å². The molecule has 22 nitrogen and oxygen atoms in total. The van der Waals surface area contributed by atoms with Crippen LogP contribution >= 0.6 is 0 Å². The lowest BCUT2D eigenvalue weighted by Gasteiger charge is -2.38. The van der Waals surface area contributed by atoms with E-state index < -0.39 is 145 Å². The number of halogens is 2. The van der Waals surface area contributed by atoms with Gasteiger partial charge in [0.1, 0.15) is 42.5 Å². The maximum Gasteiger partial charge on any atom is 0.261 e. The molecule has 0 aromatic carbocycles. The molecule has 9 amide bonds. The van der Waals surface area contributed by atoms with Crippen LogP contribution in [0.4, 0.5) is 8.78 Å². The molecule has 5 rings (SSSR count). The number of aliphatic hydroxyl groups excluding tert-OH is 1. The number of carbonyl (C=O) groups is 10. The predicted octanol–water partition coefficient (Wildman–Crippen LogP) is 5.15. The van der Waals surface area contributed by atoms with Crippen molar-refractivity contribution in [3.8, 4) is 0 Å². The highest BCUT2D eigenvalue weighted by Gasteiger charge is 2.44. The molecular formula is C67H110F2N10O12. The number of aliphatic hydroxyl groups is 1. The van der Waals surface area contributed by atoms with Gasteiger partial charge < -0.3 is 65.3 Å². The van der Waals surface area contributed by atoms with E-state index in [2.05, 4.69) is 21.3 Å². The molecule has 0 aromatic rings. The fraction of sp³-hybridized carbons (Fsp3) is 0.791. The number of aldehydes is 1. The van der Waals surface area contributed by atoms with E-state index in [1.54, 1.807) is 25.8 Å². The summed E-state index contributed by atoms with van der Waals surface area (Å²) in [5.74, 6) is -9.55. The number of piperidine rings is 1. The van der Waals surface area contributed by atoms with Crippen molar-refractivity contribution in [2.75, 3.05) is 74.1 Å². The topological polar surface area (TPSA) is 268 Å². The second-order valence-corrected chi connectivity index (χ2v) is 28.1. The predicted molar refractivity (Wildman–Crippen MR) is 342 cm³/mol. The molecule has 2 saturated heterocycles. The normalized spacial score (nSPS) is 19.8. The van der Waals surface area contributed by atoms with Gasteiger partial charge in [-0.15, -0.1) is 0 Å². The third-order valence-electron chi connectivity index (χ3n) is 18.8. The fourth-order valence-corrected chi connectivity index (χ4v) is 13.5. The van der Waals surface area contributed by atoms with Crippen LogP contribution in [0.1, 0.15) is 178 Å². The number of alkyl halides is 2. The van der Waals surface area contributed by atoms with Gasteiger partial charge in [-0.1, -0.05) is 91.0 Å². The average Bonchev–Trinajstić information content (AvgIpc) is 2.66. The number of likely N-dealkylation sites (N-methyl/N-ethyl adjacent to an activating group) is 4. The lowest BCUT2D eigenvalue weighted by molar-refractivity contribution is -0.151. The molecular weight excluding hydrogens is 1170 g/mol. The van der Waals surface area contributed by atoms with E-state index in [-0.39, 0.29) is 69.1 Å². The van der Waals surface area contributed by atoms with Crippen molar-refractivity contribution in [1.82, 2.24) is 50.7 Å². The first-order valence-electron chi connectivity index (χ1n) is 33.5. The van der Waals surface area contributed by atoms with Crippen LogP contribution < -0.4 is 21.3 Å². The summed E-state index contributed by atoms with van der Waals surface area (Å²) in [6.45, 7) is 17.3. The Labute approximate surface area is 539 Å². The zero-order valence-corrected chi connectivity index (χ0v) is 57.0. The lowest BCUT2D eigenvalue weighted by Crippen LogP contribution is -2.61. The lowest BCUT2D eigenvalue weighted by atomic mass is 9.83. The molecule has 2 heterocycles. The van der Waals surface area contributed by atoms with E-state index in [1.165, 1.54) is 74.9 Å². The molecule has 5 N–H and O–H groups in total. The van der Waals surface area contributed by atoms with E-state index >= 15 is 14.4 Å². The molecule has 0 spiro atoms. The van der Waals surface area contributed by atoms with E-state index in [0.717, 1.165) is 51.2 Å². The zero-order chi connectivity index (χ0) is 67.8. The van der Waals surface area contributed by atoms with Crippen molar-refractivity contribution in [2.45, 2.75) is 239 Å². The van der Waals surface area contributed by atoms with Gasteiger partial charge in [0.15, 0.2) is 0 Å². The van der Waals surface area contributed by atoms with Crippen LogP contribution in [0.25, 0.3) is 0 Å². The van der Waals surface area contributed by atoms with Gasteiger partial charge in [-0.3, -0.25) is 43.2 Å². The van der Waals surface area contributed by atoms with E-state index in [9.17, 15) is 47.4 Å². The first-order chi connectivity index (χ1) is 42.8. The zero-order valence-electron chi connectivity index (χ0n) is 57.0. The summed E-state index contributed by atoms with van der Waals surface area (Å²) in [6.07, 6.45) is 7.94. The molecule has 24 heteroatoms. The Morgan fingerprint density at radius 2 is 1.24 bits per heavy atom. The minimum Gasteiger partial charge on any atom is -0.393 e. The molecule has 91 heavy (non-hydrogen) atoms. The molecule has 514 valence electrons. The van der Waals surface area contributed by atoms with Crippen molar-refractivity contribution in [3.63, 3.8) is 0 Å². The highest BCUT2D eigenvalue weighted by molar-refractivity contribution is 5.98. The van der Waals surface area contributed by atoms with Gasteiger partial charge >= 0.3 is 0 Å². The second-order valence-electron chi connectivity index (χ2n) is 28.1.